The largest absolute Gasteiger partial charge is 0.490 e. The maximum absolute atomic E-state index is 9.99. The molecule has 0 bridgehead atoms. The maximum Gasteiger partial charge on any atom is 0.161 e. The number of aliphatic hydroxyl groups is 2. The summed E-state index contributed by atoms with van der Waals surface area (Å²) in [6.45, 7) is 1.22. The summed E-state index contributed by atoms with van der Waals surface area (Å²) in [5.41, 5.74) is 0.608. The average Bonchev–Trinajstić information content (AvgIpc) is 2.62. The van der Waals surface area contributed by atoms with E-state index in [1.807, 2.05) is 0 Å². The van der Waals surface area contributed by atoms with Crippen LogP contribution in [0.15, 0.2) is 18.2 Å². The Balaban J connectivity index is 2.17. The molecule has 4 nitrogen and oxygen atoms in total. The van der Waals surface area contributed by atoms with Gasteiger partial charge in [0, 0.05) is 12.3 Å². The molecule has 0 saturated carbocycles. The third-order valence-electron chi connectivity index (χ3n) is 2.88. The third kappa shape index (κ3) is 3.07. The summed E-state index contributed by atoms with van der Waals surface area (Å²) in [4.78, 5) is 0. The van der Waals surface area contributed by atoms with Crippen LogP contribution in [0.2, 0.25) is 0 Å². The van der Waals surface area contributed by atoms with E-state index in [0.717, 1.165) is 6.42 Å². The number of rotatable bonds is 4. The molecule has 0 aromatic heterocycles. The number of halogens is 1. The molecule has 1 aromatic carbocycles. The molecule has 0 spiro atoms. The Morgan fingerprint density at radius 3 is 2.61 bits per heavy atom. The SMILES string of the molecule is OC(CCCl)C(O)c1ccc2c(c1)OCCCO2. The van der Waals surface area contributed by atoms with Crippen LogP contribution in [0, 0.1) is 0 Å². The Hall–Kier alpha value is -0.970. The van der Waals surface area contributed by atoms with Crippen molar-refractivity contribution in [2.24, 2.45) is 0 Å². The normalized spacial score (nSPS) is 17.9. The van der Waals surface area contributed by atoms with Crippen LogP contribution in [-0.2, 0) is 0 Å². The predicted octanol–water partition coefficient (Wildman–Crippen LogP) is 1.87. The maximum atomic E-state index is 9.99. The fourth-order valence-corrected chi connectivity index (χ4v) is 2.08. The molecule has 1 aliphatic heterocycles. The lowest BCUT2D eigenvalue weighted by Gasteiger charge is -2.18. The summed E-state index contributed by atoms with van der Waals surface area (Å²) in [6.07, 6.45) is -0.647. The van der Waals surface area contributed by atoms with Crippen molar-refractivity contribution in [3.63, 3.8) is 0 Å². The van der Waals surface area contributed by atoms with Crippen LogP contribution in [-0.4, -0.2) is 35.4 Å². The van der Waals surface area contributed by atoms with Crippen molar-refractivity contribution in [2.45, 2.75) is 25.0 Å². The van der Waals surface area contributed by atoms with Crippen molar-refractivity contribution in [1.29, 1.82) is 0 Å². The van der Waals surface area contributed by atoms with E-state index in [4.69, 9.17) is 21.1 Å². The molecule has 2 atom stereocenters. The molecular weight excluding hydrogens is 256 g/mol. The van der Waals surface area contributed by atoms with Crippen LogP contribution in [0.3, 0.4) is 0 Å². The van der Waals surface area contributed by atoms with Gasteiger partial charge in [-0.3, -0.25) is 0 Å². The van der Waals surface area contributed by atoms with Crippen LogP contribution < -0.4 is 9.47 Å². The van der Waals surface area contributed by atoms with Gasteiger partial charge in [-0.1, -0.05) is 6.07 Å². The number of ether oxygens (including phenoxy) is 2. The molecule has 0 radical (unpaired) electrons. The molecule has 0 aliphatic carbocycles. The fourth-order valence-electron chi connectivity index (χ4n) is 1.86. The Labute approximate surface area is 111 Å². The first-order valence-electron chi connectivity index (χ1n) is 6.04. The van der Waals surface area contributed by atoms with Gasteiger partial charge in [0.15, 0.2) is 11.5 Å². The number of hydrogen-bond acceptors (Lipinski definition) is 4. The van der Waals surface area contributed by atoms with Crippen molar-refractivity contribution in [3.05, 3.63) is 23.8 Å². The van der Waals surface area contributed by atoms with Gasteiger partial charge >= 0.3 is 0 Å². The average molecular weight is 273 g/mol. The van der Waals surface area contributed by atoms with Gasteiger partial charge in [-0.15, -0.1) is 11.6 Å². The topological polar surface area (TPSA) is 58.9 Å². The van der Waals surface area contributed by atoms with Gasteiger partial charge in [-0.2, -0.15) is 0 Å². The number of benzene rings is 1. The Morgan fingerprint density at radius 1 is 1.17 bits per heavy atom. The van der Waals surface area contributed by atoms with Crippen molar-refractivity contribution >= 4 is 11.6 Å². The minimum Gasteiger partial charge on any atom is -0.490 e. The highest BCUT2D eigenvalue weighted by Gasteiger charge is 2.20. The van der Waals surface area contributed by atoms with Crippen LogP contribution in [0.25, 0.3) is 0 Å². The second kappa shape index (κ2) is 6.27. The molecule has 0 amide bonds. The molecule has 1 heterocycles. The minimum absolute atomic E-state index is 0.308. The molecule has 0 saturated heterocycles. The number of aliphatic hydroxyl groups excluding tert-OH is 2. The van der Waals surface area contributed by atoms with Crippen LogP contribution >= 0.6 is 11.6 Å². The minimum atomic E-state index is -0.957. The van der Waals surface area contributed by atoms with Crippen molar-refractivity contribution < 1.29 is 19.7 Å². The van der Waals surface area contributed by atoms with Gasteiger partial charge < -0.3 is 19.7 Å². The fraction of sp³-hybridized carbons (Fsp3) is 0.538. The van der Waals surface area contributed by atoms with E-state index in [-0.39, 0.29) is 0 Å². The van der Waals surface area contributed by atoms with Gasteiger partial charge in [0.2, 0.25) is 0 Å². The van der Waals surface area contributed by atoms with Gasteiger partial charge in [0.05, 0.1) is 19.3 Å². The zero-order valence-electron chi connectivity index (χ0n) is 10.0. The first-order chi connectivity index (χ1) is 8.72. The summed E-state index contributed by atoms with van der Waals surface area (Å²) in [5.74, 6) is 1.60. The van der Waals surface area contributed by atoms with Crippen LogP contribution in [0.4, 0.5) is 0 Å². The second-order valence-corrected chi connectivity index (χ2v) is 4.62. The standard InChI is InChI=1S/C13H17ClO4/c14-5-4-10(15)13(16)9-2-3-11-12(8-9)18-7-1-6-17-11/h2-3,8,10,13,15-16H,1,4-7H2. The molecule has 1 aromatic rings. The van der Waals surface area contributed by atoms with Gasteiger partial charge in [-0.25, -0.2) is 0 Å². The Bertz CT molecular complexity index is 397. The van der Waals surface area contributed by atoms with E-state index in [0.29, 0.717) is 42.6 Å². The Kier molecular flexibility index (Phi) is 4.69. The van der Waals surface area contributed by atoms with Gasteiger partial charge in [0.25, 0.3) is 0 Å². The number of hydrogen-bond donors (Lipinski definition) is 2. The first kappa shape index (κ1) is 13.5. The zero-order chi connectivity index (χ0) is 13.0. The Morgan fingerprint density at radius 2 is 1.89 bits per heavy atom. The summed E-state index contributed by atoms with van der Waals surface area (Å²) in [6, 6.07) is 5.20. The second-order valence-electron chi connectivity index (χ2n) is 4.25. The van der Waals surface area contributed by atoms with Gasteiger partial charge in [0.1, 0.15) is 6.10 Å². The lowest BCUT2D eigenvalue weighted by Crippen LogP contribution is -2.18. The highest BCUT2D eigenvalue weighted by atomic mass is 35.5. The zero-order valence-corrected chi connectivity index (χ0v) is 10.8. The molecule has 2 N–H and O–H groups in total. The van der Waals surface area contributed by atoms with E-state index in [1.165, 1.54) is 0 Å². The number of alkyl halides is 1. The molecule has 0 fully saturated rings. The summed E-state index contributed by atoms with van der Waals surface area (Å²) in [5, 5.41) is 19.7. The number of fused-ring (bicyclic) bond motifs is 1. The lowest BCUT2D eigenvalue weighted by atomic mass is 10.0. The highest BCUT2D eigenvalue weighted by molar-refractivity contribution is 6.17. The van der Waals surface area contributed by atoms with Gasteiger partial charge in [-0.05, 0) is 24.1 Å². The summed E-state index contributed by atoms with van der Waals surface area (Å²) >= 11 is 5.55. The highest BCUT2D eigenvalue weighted by Crippen LogP contribution is 2.33. The summed E-state index contributed by atoms with van der Waals surface area (Å²) in [7, 11) is 0. The molecule has 2 unspecified atom stereocenters. The molecule has 5 heteroatoms. The molecule has 18 heavy (non-hydrogen) atoms. The first-order valence-corrected chi connectivity index (χ1v) is 6.57. The van der Waals surface area contributed by atoms with Crippen molar-refractivity contribution in [2.75, 3.05) is 19.1 Å². The summed E-state index contributed by atoms with van der Waals surface area (Å²) < 4.78 is 11.0. The van der Waals surface area contributed by atoms with E-state index in [1.54, 1.807) is 18.2 Å². The molecular formula is C13H17ClO4. The van der Waals surface area contributed by atoms with E-state index in [2.05, 4.69) is 0 Å². The molecule has 100 valence electrons. The van der Waals surface area contributed by atoms with E-state index >= 15 is 0 Å². The van der Waals surface area contributed by atoms with Crippen molar-refractivity contribution in [1.82, 2.24) is 0 Å². The third-order valence-corrected chi connectivity index (χ3v) is 3.10. The lowest BCUT2D eigenvalue weighted by molar-refractivity contribution is 0.0168. The molecule has 1 aliphatic rings. The monoisotopic (exact) mass is 272 g/mol. The van der Waals surface area contributed by atoms with E-state index < -0.39 is 12.2 Å². The predicted molar refractivity (Wildman–Crippen MR) is 68.4 cm³/mol. The van der Waals surface area contributed by atoms with E-state index in [9.17, 15) is 10.2 Å². The van der Waals surface area contributed by atoms with Crippen LogP contribution in [0.1, 0.15) is 24.5 Å². The quantitative estimate of drug-likeness (QED) is 0.822. The van der Waals surface area contributed by atoms with Crippen molar-refractivity contribution in [3.8, 4) is 11.5 Å². The smallest absolute Gasteiger partial charge is 0.161 e. The van der Waals surface area contributed by atoms with Crippen LogP contribution in [0.5, 0.6) is 11.5 Å². The molecule has 2 rings (SSSR count).